The normalized spacial score (nSPS) is 11.8. The first-order valence-corrected chi connectivity index (χ1v) is 6.39. The molecule has 0 aliphatic rings. The van der Waals surface area contributed by atoms with Crippen molar-refractivity contribution in [2.45, 2.75) is 47.3 Å². The third kappa shape index (κ3) is 3.68. The van der Waals surface area contributed by atoms with Gasteiger partial charge in [-0.1, -0.05) is 20.8 Å². The molecule has 0 saturated heterocycles. The predicted molar refractivity (Wildman–Crippen MR) is 72.3 cm³/mol. The smallest absolute Gasteiger partial charge is 0.141 e. The minimum absolute atomic E-state index is 0.102. The van der Waals surface area contributed by atoms with Crippen molar-refractivity contribution in [3.63, 3.8) is 0 Å². The number of aromatic nitrogens is 1. The topological polar surface area (TPSA) is 65.4 Å². The largest absolute Gasteiger partial charge is 0.506 e. The summed E-state index contributed by atoms with van der Waals surface area (Å²) in [6, 6.07) is 0. The van der Waals surface area contributed by atoms with E-state index in [0.29, 0.717) is 17.8 Å². The van der Waals surface area contributed by atoms with Gasteiger partial charge in [0.1, 0.15) is 5.75 Å². The summed E-state index contributed by atoms with van der Waals surface area (Å²) in [5.41, 5.74) is 2.26. The van der Waals surface area contributed by atoms with Gasteiger partial charge in [-0.2, -0.15) is 0 Å². The molecule has 18 heavy (non-hydrogen) atoms. The van der Waals surface area contributed by atoms with Crippen LogP contribution in [0, 0.1) is 12.3 Å². The van der Waals surface area contributed by atoms with Crippen LogP contribution in [0.25, 0.3) is 0 Å². The summed E-state index contributed by atoms with van der Waals surface area (Å²) in [6.07, 6.45) is 2.71. The van der Waals surface area contributed by atoms with Crippen LogP contribution in [-0.4, -0.2) is 21.7 Å². The Bertz CT molecular complexity index is 403. The van der Waals surface area contributed by atoms with E-state index < -0.39 is 0 Å². The molecule has 0 aliphatic carbocycles. The quantitative estimate of drug-likeness (QED) is 0.725. The fourth-order valence-electron chi connectivity index (χ4n) is 1.67. The van der Waals surface area contributed by atoms with Crippen molar-refractivity contribution < 1.29 is 10.2 Å². The Balaban J connectivity index is 2.75. The lowest BCUT2D eigenvalue weighted by Gasteiger charge is -2.23. The summed E-state index contributed by atoms with van der Waals surface area (Å²) in [5, 5.41) is 22.6. The number of aryl methyl sites for hydroxylation is 1. The van der Waals surface area contributed by atoms with Gasteiger partial charge in [0.25, 0.3) is 0 Å². The maximum Gasteiger partial charge on any atom is 0.141 e. The van der Waals surface area contributed by atoms with Crippen LogP contribution in [0.4, 0.5) is 0 Å². The van der Waals surface area contributed by atoms with E-state index in [1.165, 1.54) is 0 Å². The van der Waals surface area contributed by atoms with Crippen molar-refractivity contribution in [1.29, 1.82) is 0 Å². The summed E-state index contributed by atoms with van der Waals surface area (Å²) in [7, 11) is 0. The lowest BCUT2D eigenvalue weighted by molar-refractivity contribution is 0.277. The zero-order chi connectivity index (χ0) is 13.8. The standard InChI is InChI=1S/C14H24N2O2/c1-5-14(3,4)9-15-7-12-11(8-17)6-16-10(2)13(12)18/h6,15,17-18H,5,7-9H2,1-4H3. The molecule has 1 rings (SSSR count). The Morgan fingerprint density at radius 2 is 2.06 bits per heavy atom. The number of hydrogen-bond donors (Lipinski definition) is 3. The van der Waals surface area contributed by atoms with Crippen molar-refractivity contribution in [2.75, 3.05) is 6.54 Å². The number of hydrogen-bond acceptors (Lipinski definition) is 4. The highest BCUT2D eigenvalue weighted by Gasteiger charge is 2.16. The molecule has 1 aromatic rings. The zero-order valence-electron chi connectivity index (χ0n) is 11.7. The van der Waals surface area contributed by atoms with Crippen molar-refractivity contribution in [3.05, 3.63) is 23.0 Å². The molecule has 3 N–H and O–H groups in total. The van der Waals surface area contributed by atoms with Gasteiger partial charge >= 0.3 is 0 Å². The van der Waals surface area contributed by atoms with Gasteiger partial charge in [-0.25, -0.2) is 0 Å². The number of nitrogens with zero attached hydrogens (tertiary/aromatic N) is 1. The van der Waals surface area contributed by atoms with Crippen LogP contribution >= 0.6 is 0 Å². The van der Waals surface area contributed by atoms with Gasteiger partial charge in [-0.05, 0) is 18.8 Å². The first kappa shape index (κ1) is 14.9. The molecule has 0 unspecified atom stereocenters. The molecule has 0 saturated carbocycles. The van der Waals surface area contributed by atoms with Crippen LogP contribution < -0.4 is 5.32 Å². The Morgan fingerprint density at radius 1 is 1.39 bits per heavy atom. The lowest BCUT2D eigenvalue weighted by atomic mass is 9.90. The van der Waals surface area contributed by atoms with Crippen molar-refractivity contribution >= 4 is 0 Å². The molecule has 0 bridgehead atoms. The second-order valence-electron chi connectivity index (χ2n) is 5.48. The highest BCUT2D eigenvalue weighted by Crippen LogP contribution is 2.24. The zero-order valence-corrected chi connectivity index (χ0v) is 11.7. The molecule has 4 nitrogen and oxygen atoms in total. The molecule has 0 fully saturated rings. The molecule has 0 spiro atoms. The number of pyridine rings is 1. The molecule has 1 heterocycles. The number of aliphatic hydroxyl groups is 1. The molecule has 0 radical (unpaired) electrons. The first-order valence-electron chi connectivity index (χ1n) is 6.39. The van der Waals surface area contributed by atoms with Crippen LogP contribution in [-0.2, 0) is 13.2 Å². The number of rotatable bonds is 6. The van der Waals surface area contributed by atoms with E-state index in [9.17, 15) is 10.2 Å². The number of aromatic hydroxyl groups is 1. The maximum absolute atomic E-state index is 9.98. The van der Waals surface area contributed by atoms with Gasteiger partial charge in [0.15, 0.2) is 0 Å². The van der Waals surface area contributed by atoms with Gasteiger partial charge in [0, 0.05) is 30.4 Å². The van der Waals surface area contributed by atoms with Crippen molar-refractivity contribution in [2.24, 2.45) is 5.41 Å². The average Bonchev–Trinajstić information content (AvgIpc) is 2.34. The molecule has 4 heteroatoms. The van der Waals surface area contributed by atoms with Crippen LogP contribution in [0.15, 0.2) is 6.20 Å². The summed E-state index contributed by atoms with van der Waals surface area (Å²) < 4.78 is 0. The van der Waals surface area contributed by atoms with Crippen molar-refractivity contribution in [1.82, 2.24) is 10.3 Å². The van der Waals surface area contributed by atoms with Gasteiger partial charge < -0.3 is 15.5 Å². The van der Waals surface area contributed by atoms with Gasteiger partial charge in [-0.3, -0.25) is 4.98 Å². The second-order valence-corrected chi connectivity index (χ2v) is 5.48. The highest BCUT2D eigenvalue weighted by molar-refractivity contribution is 5.40. The first-order chi connectivity index (χ1) is 8.41. The SMILES string of the molecule is CCC(C)(C)CNCc1c(CO)cnc(C)c1O. The number of aliphatic hydroxyl groups excluding tert-OH is 1. The minimum Gasteiger partial charge on any atom is -0.506 e. The van der Waals surface area contributed by atoms with E-state index in [0.717, 1.165) is 18.5 Å². The van der Waals surface area contributed by atoms with E-state index in [-0.39, 0.29) is 17.8 Å². The Hall–Kier alpha value is -1.13. The van der Waals surface area contributed by atoms with Crippen LogP contribution in [0.1, 0.15) is 44.0 Å². The van der Waals surface area contributed by atoms with Gasteiger partial charge in [0.2, 0.25) is 0 Å². The van der Waals surface area contributed by atoms with E-state index in [4.69, 9.17) is 0 Å². The monoisotopic (exact) mass is 252 g/mol. The third-order valence-corrected chi connectivity index (χ3v) is 3.46. The van der Waals surface area contributed by atoms with Gasteiger partial charge in [-0.15, -0.1) is 0 Å². The highest BCUT2D eigenvalue weighted by atomic mass is 16.3. The van der Waals surface area contributed by atoms with Crippen molar-refractivity contribution in [3.8, 4) is 5.75 Å². The van der Waals surface area contributed by atoms with E-state index in [1.54, 1.807) is 13.1 Å². The fraction of sp³-hybridized carbons (Fsp3) is 0.643. The van der Waals surface area contributed by atoms with E-state index in [1.807, 2.05) is 0 Å². The average molecular weight is 252 g/mol. The number of nitrogens with one attached hydrogen (secondary N) is 1. The summed E-state index contributed by atoms with van der Waals surface area (Å²) in [4.78, 5) is 4.05. The molecular formula is C14H24N2O2. The molecule has 1 aromatic heterocycles. The summed E-state index contributed by atoms with van der Waals surface area (Å²) >= 11 is 0. The van der Waals surface area contributed by atoms with Crippen LogP contribution in [0.3, 0.4) is 0 Å². The van der Waals surface area contributed by atoms with Gasteiger partial charge in [0.05, 0.1) is 12.3 Å². The summed E-state index contributed by atoms with van der Waals surface area (Å²) in [5.74, 6) is 0.184. The predicted octanol–water partition coefficient (Wildman–Crippen LogP) is 2.11. The molecule has 0 amide bonds. The molecule has 0 atom stereocenters. The molecular weight excluding hydrogens is 228 g/mol. The van der Waals surface area contributed by atoms with Crippen LogP contribution in [0.2, 0.25) is 0 Å². The van der Waals surface area contributed by atoms with E-state index in [2.05, 4.69) is 31.1 Å². The maximum atomic E-state index is 9.98. The second kappa shape index (κ2) is 6.16. The lowest BCUT2D eigenvalue weighted by Crippen LogP contribution is -2.28. The Morgan fingerprint density at radius 3 is 2.61 bits per heavy atom. The Kier molecular flexibility index (Phi) is 5.11. The van der Waals surface area contributed by atoms with Crippen LogP contribution in [0.5, 0.6) is 5.75 Å². The fourth-order valence-corrected chi connectivity index (χ4v) is 1.67. The minimum atomic E-state index is -0.102. The molecule has 0 aliphatic heterocycles. The van der Waals surface area contributed by atoms with E-state index >= 15 is 0 Å². The molecule has 102 valence electrons. The third-order valence-electron chi connectivity index (χ3n) is 3.46. The summed E-state index contributed by atoms with van der Waals surface area (Å²) in [6.45, 7) is 9.64. The Labute approximate surface area is 109 Å². The molecule has 0 aromatic carbocycles.